The van der Waals surface area contributed by atoms with Crippen LogP contribution in [0.1, 0.15) is 20.8 Å². The highest BCUT2D eigenvalue weighted by molar-refractivity contribution is 6.05. The van der Waals surface area contributed by atoms with Gasteiger partial charge in [0.05, 0.1) is 11.9 Å². The lowest BCUT2D eigenvalue weighted by Crippen LogP contribution is -2.46. The van der Waals surface area contributed by atoms with Gasteiger partial charge in [-0.05, 0) is 18.2 Å². The minimum absolute atomic E-state index is 0.0428. The summed E-state index contributed by atoms with van der Waals surface area (Å²) in [6.45, 7) is -0.326. The number of hydrogen-bond acceptors (Lipinski definition) is 5. The Morgan fingerprint density at radius 1 is 0.852 bits per heavy atom. The smallest absolute Gasteiger partial charge is 0.290 e. The first-order valence-electron chi connectivity index (χ1n) is 7.96. The first-order valence-corrected chi connectivity index (χ1v) is 7.96. The molecular weight excluding hydrogens is 350 g/mol. The van der Waals surface area contributed by atoms with Gasteiger partial charge in [-0.25, -0.2) is 5.10 Å². The lowest BCUT2D eigenvalue weighted by atomic mass is 10.1. The van der Waals surface area contributed by atoms with Crippen LogP contribution in [-0.2, 0) is 4.79 Å². The van der Waals surface area contributed by atoms with E-state index < -0.39 is 23.3 Å². The predicted molar refractivity (Wildman–Crippen MR) is 96.7 cm³/mol. The van der Waals surface area contributed by atoms with Gasteiger partial charge in [0.2, 0.25) is 0 Å². The Balaban J connectivity index is 1.58. The van der Waals surface area contributed by atoms with E-state index in [1.54, 1.807) is 54.6 Å². The second-order valence-electron chi connectivity index (χ2n) is 5.50. The number of carbonyl (C=O) groups excluding carboxylic acids is 3. The van der Waals surface area contributed by atoms with Crippen LogP contribution < -0.4 is 21.7 Å². The molecule has 27 heavy (non-hydrogen) atoms. The molecule has 9 heteroatoms. The van der Waals surface area contributed by atoms with Crippen molar-refractivity contribution in [1.29, 1.82) is 0 Å². The fraction of sp³-hybridized carbons (Fsp3) is 0.0556. The van der Waals surface area contributed by atoms with Gasteiger partial charge in [-0.15, -0.1) is 0 Å². The molecule has 0 fully saturated rings. The summed E-state index contributed by atoms with van der Waals surface area (Å²) in [5.41, 5.74) is 4.33. The molecule has 1 aromatic heterocycles. The summed E-state index contributed by atoms with van der Waals surface area (Å²) < 4.78 is 0. The molecule has 0 unspecified atom stereocenters. The number of benzene rings is 2. The van der Waals surface area contributed by atoms with E-state index in [1.165, 1.54) is 0 Å². The van der Waals surface area contributed by atoms with Crippen LogP contribution in [0.3, 0.4) is 0 Å². The number of hydrogen-bond donors (Lipinski definition) is 4. The van der Waals surface area contributed by atoms with Gasteiger partial charge in [0.25, 0.3) is 23.3 Å². The van der Waals surface area contributed by atoms with Gasteiger partial charge in [0.1, 0.15) is 0 Å². The van der Waals surface area contributed by atoms with Crippen LogP contribution >= 0.6 is 0 Å². The molecule has 0 aliphatic rings. The molecule has 3 aromatic rings. The maximum atomic E-state index is 12.2. The number of rotatable bonds is 4. The van der Waals surface area contributed by atoms with Crippen LogP contribution in [0.25, 0.3) is 10.8 Å². The van der Waals surface area contributed by atoms with E-state index in [0.717, 1.165) is 0 Å². The van der Waals surface area contributed by atoms with E-state index in [-0.39, 0.29) is 12.2 Å². The van der Waals surface area contributed by atoms with Gasteiger partial charge in [0, 0.05) is 10.9 Å². The van der Waals surface area contributed by atoms with Crippen LogP contribution in [-0.4, -0.2) is 34.5 Å². The molecule has 0 saturated carbocycles. The molecule has 2 aromatic carbocycles. The third-order valence-corrected chi connectivity index (χ3v) is 3.67. The Kier molecular flexibility index (Phi) is 5.22. The number of nitrogens with zero attached hydrogens (tertiary/aromatic N) is 1. The Morgan fingerprint density at radius 2 is 1.52 bits per heavy atom. The molecule has 0 aliphatic heterocycles. The lowest BCUT2D eigenvalue weighted by molar-refractivity contribution is -0.120. The first kappa shape index (κ1) is 17.8. The Labute approximate surface area is 152 Å². The molecule has 0 atom stereocenters. The Morgan fingerprint density at radius 3 is 2.26 bits per heavy atom. The van der Waals surface area contributed by atoms with Gasteiger partial charge in [-0.2, -0.15) is 5.10 Å². The highest BCUT2D eigenvalue weighted by Crippen LogP contribution is 2.11. The molecule has 3 amide bonds. The van der Waals surface area contributed by atoms with Gasteiger partial charge in [-0.3, -0.25) is 30.0 Å². The summed E-state index contributed by atoms with van der Waals surface area (Å²) in [4.78, 5) is 47.6. The number of aromatic nitrogens is 2. The SMILES string of the molecule is O=C(CNC(=O)c1ccccc1)NNC(=O)c1n[nH]c(=O)c2ccccc12. The normalized spacial score (nSPS) is 10.2. The second-order valence-corrected chi connectivity index (χ2v) is 5.50. The van der Waals surface area contributed by atoms with Crippen molar-refractivity contribution in [1.82, 2.24) is 26.4 Å². The molecule has 4 N–H and O–H groups in total. The third kappa shape index (κ3) is 4.15. The van der Waals surface area contributed by atoms with Crippen molar-refractivity contribution in [2.45, 2.75) is 0 Å². The van der Waals surface area contributed by atoms with Crippen LogP contribution in [0.2, 0.25) is 0 Å². The highest BCUT2D eigenvalue weighted by atomic mass is 16.2. The van der Waals surface area contributed by atoms with Gasteiger partial charge in [-0.1, -0.05) is 36.4 Å². The van der Waals surface area contributed by atoms with E-state index in [0.29, 0.717) is 16.3 Å². The molecule has 1 heterocycles. The maximum Gasteiger partial charge on any atom is 0.290 e. The zero-order chi connectivity index (χ0) is 19.2. The molecule has 0 aliphatic carbocycles. The van der Waals surface area contributed by atoms with Crippen molar-refractivity contribution in [3.05, 3.63) is 76.2 Å². The number of H-pyrrole nitrogens is 1. The summed E-state index contributed by atoms with van der Waals surface area (Å²) in [7, 11) is 0. The summed E-state index contributed by atoms with van der Waals surface area (Å²) in [5.74, 6) is -1.74. The number of nitrogens with one attached hydrogen (secondary N) is 4. The molecule has 9 nitrogen and oxygen atoms in total. The van der Waals surface area contributed by atoms with Crippen LogP contribution in [0, 0.1) is 0 Å². The number of fused-ring (bicyclic) bond motifs is 1. The molecule has 0 bridgehead atoms. The standard InChI is InChI=1S/C18H15N5O4/c24-14(10-19-16(25)11-6-2-1-3-7-11)20-23-18(27)15-12-8-4-5-9-13(12)17(26)22-21-15/h1-9H,10H2,(H,19,25)(H,20,24)(H,22,26)(H,23,27). The average Bonchev–Trinajstić information content (AvgIpc) is 2.71. The topological polar surface area (TPSA) is 133 Å². The van der Waals surface area contributed by atoms with Crippen molar-refractivity contribution < 1.29 is 14.4 Å². The first-order chi connectivity index (χ1) is 13.1. The van der Waals surface area contributed by atoms with Crippen molar-refractivity contribution in [3.8, 4) is 0 Å². The van der Waals surface area contributed by atoms with Crippen molar-refractivity contribution in [3.63, 3.8) is 0 Å². The fourth-order valence-corrected chi connectivity index (χ4v) is 2.37. The predicted octanol–water partition coefficient (Wildman–Crippen LogP) is 0.114. The monoisotopic (exact) mass is 365 g/mol. The van der Waals surface area contributed by atoms with Crippen LogP contribution in [0.5, 0.6) is 0 Å². The van der Waals surface area contributed by atoms with Crippen molar-refractivity contribution in [2.75, 3.05) is 6.54 Å². The zero-order valence-electron chi connectivity index (χ0n) is 14.0. The highest BCUT2D eigenvalue weighted by Gasteiger charge is 2.15. The number of hydrazine groups is 1. The number of carbonyl (C=O) groups is 3. The average molecular weight is 365 g/mol. The van der Waals surface area contributed by atoms with Crippen molar-refractivity contribution >= 4 is 28.5 Å². The van der Waals surface area contributed by atoms with E-state index in [9.17, 15) is 19.2 Å². The summed E-state index contributed by atoms with van der Waals surface area (Å²) in [6.07, 6.45) is 0. The number of aromatic amines is 1. The van der Waals surface area contributed by atoms with Gasteiger partial charge < -0.3 is 5.32 Å². The summed E-state index contributed by atoms with van der Waals surface area (Å²) in [5, 5.41) is 9.05. The zero-order valence-corrected chi connectivity index (χ0v) is 14.0. The van der Waals surface area contributed by atoms with Gasteiger partial charge >= 0.3 is 0 Å². The quantitative estimate of drug-likeness (QED) is 0.487. The van der Waals surface area contributed by atoms with Crippen LogP contribution in [0.15, 0.2) is 59.4 Å². The Hall–Kier alpha value is -4.01. The Bertz CT molecular complexity index is 1060. The maximum absolute atomic E-state index is 12.2. The summed E-state index contributed by atoms with van der Waals surface area (Å²) >= 11 is 0. The van der Waals surface area contributed by atoms with E-state index in [1.807, 2.05) is 0 Å². The van der Waals surface area contributed by atoms with E-state index >= 15 is 0 Å². The second kappa shape index (κ2) is 7.91. The fourth-order valence-electron chi connectivity index (χ4n) is 2.37. The molecule has 0 spiro atoms. The van der Waals surface area contributed by atoms with Crippen LogP contribution in [0.4, 0.5) is 0 Å². The minimum Gasteiger partial charge on any atom is -0.343 e. The molecule has 0 saturated heterocycles. The number of amides is 3. The largest absolute Gasteiger partial charge is 0.343 e. The van der Waals surface area contributed by atoms with Gasteiger partial charge in [0.15, 0.2) is 5.69 Å². The molecule has 0 radical (unpaired) electrons. The van der Waals surface area contributed by atoms with Crippen molar-refractivity contribution in [2.24, 2.45) is 0 Å². The van der Waals surface area contributed by atoms with E-state index in [4.69, 9.17) is 0 Å². The summed E-state index contributed by atoms with van der Waals surface area (Å²) in [6, 6.07) is 14.9. The van der Waals surface area contributed by atoms with E-state index in [2.05, 4.69) is 26.4 Å². The molecule has 3 rings (SSSR count). The third-order valence-electron chi connectivity index (χ3n) is 3.67. The molecular formula is C18H15N5O4. The molecule has 136 valence electrons. The lowest BCUT2D eigenvalue weighted by Gasteiger charge is -2.09. The minimum atomic E-state index is -0.704.